The van der Waals surface area contributed by atoms with Gasteiger partial charge in [0.2, 0.25) is 11.8 Å². The van der Waals surface area contributed by atoms with Crippen molar-refractivity contribution in [2.24, 2.45) is 0 Å². The summed E-state index contributed by atoms with van der Waals surface area (Å²) in [5, 5.41) is 4.91. The van der Waals surface area contributed by atoms with Gasteiger partial charge in [0.05, 0.1) is 24.1 Å². The summed E-state index contributed by atoms with van der Waals surface area (Å²) in [6.07, 6.45) is 2.88. The fourth-order valence-corrected chi connectivity index (χ4v) is 4.67. The number of amides is 2. The van der Waals surface area contributed by atoms with Crippen LogP contribution in [0.5, 0.6) is 0 Å². The normalized spacial score (nSPS) is 16.3. The van der Waals surface area contributed by atoms with E-state index in [0.29, 0.717) is 24.0 Å². The zero-order valence-corrected chi connectivity index (χ0v) is 20.2. The van der Waals surface area contributed by atoms with Crippen LogP contribution in [0.3, 0.4) is 0 Å². The van der Waals surface area contributed by atoms with Crippen LogP contribution in [0.15, 0.2) is 66.1 Å². The number of carbonyl (C=O) groups is 2. The SMILES string of the molecule is CC(=O)N(c1nc(/C=C/C(=O)NCC2CN(Cc3ccccc3)CCO2)cs1)c1ccccc1F. The largest absolute Gasteiger partial charge is 0.374 e. The lowest BCUT2D eigenvalue weighted by Crippen LogP contribution is -2.46. The summed E-state index contributed by atoms with van der Waals surface area (Å²) in [5.74, 6) is -1.13. The number of anilines is 2. The molecule has 35 heavy (non-hydrogen) atoms. The number of para-hydroxylation sites is 1. The first-order valence-corrected chi connectivity index (χ1v) is 12.2. The Morgan fingerprint density at radius 3 is 2.77 bits per heavy atom. The third-order valence-electron chi connectivity index (χ3n) is 5.49. The average molecular weight is 495 g/mol. The number of carbonyl (C=O) groups excluding carboxylic acids is 2. The van der Waals surface area contributed by atoms with Gasteiger partial charge in [-0.2, -0.15) is 0 Å². The third kappa shape index (κ3) is 6.82. The summed E-state index contributed by atoms with van der Waals surface area (Å²) in [6.45, 7) is 4.83. The Kier molecular flexibility index (Phi) is 8.36. The lowest BCUT2D eigenvalue weighted by Gasteiger charge is -2.33. The molecule has 0 bridgehead atoms. The fraction of sp³-hybridized carbons (Fsp3) is 0.269. The number of nitrogens with one attached hydrogen (secondary N) is 1. The Morgan fingerprint density at radius 1 is 1.23 bits per heavy atom. The highest BCUT2D eigenvalue weighted by molar-refractivity contribution is 7.14. The van der Waals surface area contributed by atoms with E-state index in [9.17, 15) is 14.0 Å². The molecule has 1 atom stereocenters. The van der Waals surface area contributed by atoms with Crippen molar-refractivity contribution >= 4 is 40.0 Å². The van der Waals surface area contributed by atoms with Crippen molar-refractivity contribution < 1.29 is 18.7 Å². The molecule has 1 unspecified atom stereocenters. The van der Waals surface area contributed by atoms with Gasteiger partial charge < -0.3 is 10.1 Å². The lowest BCUT2D eigenvalue weighted by atomic mass is 10.2. The zero-order valence-electron chi connectivity index (χ0n) is 19.4. The Hall–Kier alpha value is -3.40. The molecule has 1 aliphatic heterocycles. The molecule has 9 heteroatoms. The number of halogens is 1. The number of thiazole rings is 1. The number of aromatic nitrogens is 1. The molecule has 0 spiro atoms. The highest BCUT2D eigenvalue weighted by Gasteiger charge is 2.22. The van der Waals surface area contributed by atoms with E-state index in [2.05, 4.69) is 27.3 Å². The quantitative estimate of drug-likeness (QED) is 0.479. The zero-order chi connectivity index (χ0) is 24.6. The number of ether oxygens (including phenoxy) is 1. The molecule has 4 rings (SSSR count). The number of nitrogens with zero attached hydrogens (tertiary/aromatic N) is 3. The van der Waals surface area contributed by atoms with Gasteiger partial charge in [0.15, 0.2) is 5.13 Å². The fourth-order valence-electron chi connectivity index (χ4n) is 3.82. The highest BCUT2D eigenvalue weighted by atomic mass is 32.1. The van der Waals surface area contributed by atoms with Crippen LogP contribution in [0.25, 0.3) is 6.08 Å². The summed E-state index contributed by atoms with van der Waals surface area (Å²) in [6, 6.07) is 16.3. The molecule has 0 saturated carbocycles. The minimum atomic E-state index is -0.512. The van der Waals surface area contributed by atoms with Crippen molar-refractivity contribution in [3.8, 4) is 0 Å². The van der Waals surface area contributed by atoms with Crippen LogP contribution in [0.2, 0.25) is 0 Å². The van der Waals surface area contributed by atoms with Gasteiger partial charge in [-0.15, -0.1) is 11.3 Å². The summed E-state index contributed by atoms with van der Waals surface area (Å²) >= 11 is 1.20. The van der Waals surface area contributed by atoms with E-state index < -0.39 is 5.82 Å². The number of hydrogen-bond acceptors (Lipinski definition) is 6. The Bertz CT molecular complexity index is 1180. The molecule has 7 nitrogen and oxygen atoms in total. The molecule has 2 amide bonds. The molecule has 1 saturated heterocycles. The van der Waals surface area contributed by atoms with Gasteiger partial charge >= 0.3 is 0 Å². The number of benzene rings is 2. The van der Waals surface area contributed by atoms with Crippen LogP contribution in [0.4, 0.5) is 15.2 Å². The van der Waals surface area contributed by atoms with Gasteiger partial charge in [-0.25, -0.2) is 9.37 Å². The summed E-state index contributed by atoms with van der Waals surface area (Å²) in [4.78, 5) is 32.4. The van der Waals surface area contributed by atoms with Gasteiger partial charge in [0.25, 0.3) is 0 Å². The lowest BCUT2D eigenvalue weighted by molar-refractivity contribution is -0.118. The smallest absolute Gasteiger partial charge is 0.244 e. The molecular formula is C26H27FN4O3S. The minimum absolute atomic E-state index is 0.0828. The van der Waals surface area contributed by atoms with Crippen molar-refractivity contribution in [2.75, 3.05) is 31.1 Å². The minimum Gasteiger partial charge on any atom is -0.374 e. The molecule has 2 aromatic carbocycles. The Labute approximate surface area is 207 Å². The molecule has 182 valence electrons. The van der Waals surface area contributed by atoms with E-state index in [4.69, 9.17) is 4.74 Å². The first kappa shape index (κ1) is 24.7. The second kappa shape index (κ2) is 11.8. The summed E-state index contributed by atoms with van der Waals surface area (Å²) < 4.78 is 20.0. The predicted octanol–water partition coefficient (Wildman–Crippen LogP) is 4.00. The second-order valence-electron chi connectivity index (χ2n) is 8.15. The van der Waals surface area contributed by atoms with Crippen LogP contribution in [0.1, 0.15) is 18.2 Å². The number of hydrogen-bond donors (Lipinski definition) is 1. The summed E-state index contributed by atoms with van der Waals surface area (Å²) in [7, 11) is 0. The van der Waals surface area contributed by atoms with Crippen LogP contribution in [-0.4, -0.2) is 54.0 Å². The van der Waals surface area contributed by atoms with Gasteiger partial charge in [0, 0.05) is 44.6 Å². The van der Waals surface area contributed by atoms with E-state index >= 15 is 0 Å². The standard InChI is InChI=1S/C26H27FN4O3S/c1-19(32)31(24-10-6-5-9-23(24)27)26-29-21(18-35-26)11-12-25(33)28-15-22-17-30(13-14-34-22)16-20-7-3-2-4-8-20/h2-12,18,22H,13-17H2,1H3,(H,28,33)/b12-11+. The van der Waals surface area contributed by atoms with Crippen molar-refractivity contribution in [1.29, 1.82) is 0 Å². The van der Waals surface area contributed by atoms with Crippen LogP contribution in [0, 0.1) is 5.82 Å². The van der Waals surface area contributed by atoms with E-state index in [0.717, 1.165) is 19.6 Å². The molecule has 1 aliphatic rings. The molecular weight excluding hydrogens is 467 g/mol. The van der Waals surface area contributed by atoms with E-state index in [1.165, 1.54) is 46.9 Å². The molecule has 1 aromatic heterocycles. The molecule has 0 aliphatic carbocycles. The third-order valence-corrected chi connectivity index (χ3v) is 6.33. The van der Waals surface area contributed by atoms with Gasteiger partial charge in [-0.05, 0) is 23.8 Å². The maximum Gasteiger partial charge on any atom is 0.244 e. The van der Waals surface area contributed by atoms with Crippen LogP contribution < -0.4 is 10.2 Å². The van der Waals surface area contributed by atoms with E-state index in [1.54, 1.807) is 23.6 Å². The van der Waals surface area contributed by atoms with Crippen LogP contribution >= 0.6 is 11.3 Å². The highest BCUT2D eigenvalue weighted by Crippen LogP contribution is 2.30. The molecule has 3 aromatic rings. The van der Waals surface area contributed by atoms with Gasteiger partial charge in [-0.3, -0.25) is 19.4 Å². The van der Waals surface area contributed by atoms with Crippen molar-refractivity contribution in [3.05, 3.63) is 83.1 Å². The molecule has 2 heterocycles. The van der Waals surface area contributed by atoms with E-state index in [-0.39, 0.29) is 23.6 Å². The molecule has 1 fully saturated rings. The van der Waals surface area contributed by atoms with E-state index in [1.807, 2.05) is 18.2 Å². The monoisotopic (exact) mass is 494 g/mol. The Morgan fingerprint density at radius 2 is 2.00 bits per heavy atom. The predicted molar refractivity (Wildman–Crippen MR) is 135 cm³/mol. The van der Waals surface area contributed by atoms with Gasteiger partial charge in [-0.1, -0.05) is 42.5 Å². The van der Waals surface area contributed by atoms with Crippen molar-refractivity contribution in [1.82, 2.24) is 15.2 Å². The van der Waals surface area contributed by atoms with Crippen LogP contribution in [-0.2, 0) is 20.9 Å². The molecule has 1 N–H and O–H groups in total. The van der Waals surface area contributed by atoms with Crippen molar-refractivity contribution in [2.45, 2.75) is 19.6 Å². The topological polar surface area (TPSA) is 74.8 Å². The van der Waals surface area contributed by atoms with Crippen molar-refractivity contribution in [3.63, 3.8) is 0 Å². The molecule has 0 radical (unpaired) electrons. The maximum atomic E-state index is 14.2. The number of rotatable bonds is 8. The maximum absolute atomic E-state index is 14.2. The number of morpholine rings is 1. The van der Waals surface area contributed by atoms with Gasteiger partial charge in [0.1, 0.15) is 5.82 Å². The summed E-state index contributed by atoms with van der Waals surface area (Å²) in [5.41, 5.74) is 1.89. The first-order valence-electron chi connectivity index (χ1n) is 11.3. The average Bonchev–Trinajstić information content (AvgIpc) is 3.32. The first-order chi connectivity index (χ1) is 17.0. The second-order valence-corrected chi connectivity index (χ2v) is 8.99. The Balaban J connectivity index is 1.30.